The lowest BCUT2D eigenvalue weighted by Gasteiger charge is -2.34. The highest BCUT2D eigenvalue weighted by Crippen LogP contribution is 2.37. The monoisotopic (exact) mass is 733 g/mol. The van der Waals surface area contributed by atoms with Crippen LogP contribution in [0.2, 0.25) is 5.02 Å². The second-order valence-corrected chi connectivity index (χ2v) is 15.4. The Bertz CT molecular complexity index is 1900. The summed E-state index contributed by atoms with van der Waals surface area (Å²) in [5.74, 6) is 3.94. The van der Waals surface area contributed by atoms with Crippen molar-refractivity contribution in [2.45, 2.75) is 65.7 Å². The van der Waals surface area contributed by atoms with Gasteiger partial charge in [-0.25, -0.2) is 0 Å². The average molecular weight is 734 g/mol. The van der Waals surface area contributed by atoms with Gasteiger partial charge in [-0.15, -0.1) is 0 Å². The van der Waals surface area contributed by atoms with Crippen LogP contribution < -0.4 is 19.5 Å². The van der Waals surface area contributed by atoms with Crippen LogP contribution >= 0.6 is 11.6 Å². The maximum Gasteiger partial charge on any atom is 0.142 e. The molecule has 3 aliphatic rings. The second-order valence-electron chi connectivity index (χ2n) is 15.0. The lowest BCUT2D eigenvalue weighted by molar-refractivity contribution is 0.140. The quantitative estimate of drug-likeness (QED) is 0.130. The highest BCUT2D eigenvalue weighted by atomic mass is 35.5. The zero-order valence-electron chi connectivity index (χ0n) is 31.2. The van der Waals surface area contributed by atoms with Gasteiger partial charge in [0.2, 0.25) is 0 Å². The van der Waals surface area contributed by atoms with E-state index < -0.39 is 0 Å². The molecule has 53 heavy (non-hydrogen) atoms. The molecule has 4 heterocycles. The maximum absolute atomic E-state index is 9.34. The predicted octanol–water partition coefficient (Wildman–Crippen LogP) is 8.34. The van der Waals surface area contributed by atoms with Crippen LogP contribution in [0.5, 0.6) is 17.2 Å². The average Bonchev–Trinajstić information content (AvgIpc) is 3.66. The Kier molecular flexibility index (Phi) is 12.5. The van der Waals surface area contributed by atoms with Crippen LogP contribution in [0.3, 0.4) is 0 Å². The minimum Gasteiger partial charge on any atom is -0.493 e. The molecule has 3 aliphatic heterocycles. The molecule has 1 aromatic heterocycles. The van der Waals surface area contributed by atoms with Crippen molar-refractivity contribution in [3.8, 4) is 34.4 Å². The van der Waals surface area contributed by atoms with Crippen molar-refractivity contribution in [3.05, 3.63) is 105 Å². The molecule has 4 aromatic rings. The van der Waals surface area contributed by atoms with Gasteiger partial charge in [0.05, 0.1) is 17.2 Å². The van der Waals surface area contributed by atoms with E-state index in [1.165, 1.54) is 63.0 Å². The van der Waals surface area contributed by atoms with Crippen LogP contribution in [0.15, 0.2) is 67.0 Å². The number of halogens is 1. The third-order valence-electron chi connectivity index (χ3n) is 11.3. The second kappa shape index (κ2) is 17.8. The Labute approximate surface area is 320 Å². The van der Waals surface area contributed by atoms with Crippen LogP contribution in [-0.4, -0.2) is 67.2 Å². The molecule has 8 nitrogen and oxygen atoms in total. The number of nitrogens with zero attached hydrogens (tertiary/aromatic N) is 4. The van der Waals surface area contributed by atoms with Crippen molar-refractivity contribution in [2.24, 2.45) is 11.8 Å². The van der Waals surface area contributed by atoms with Crippen LogP contribution in [-0.2, 0) is 19.8 Å². The van der Waals surface area contributed by atoms with Crippen molar-refractivity contribution in [3.63, 3.8) is 0 Å². The number of likely N-dealkylation sites (tertiary alicyclic amines) is 2. The van der Waals surface area contributed by atoms with Gasteiger partial charge in [0.15, 0.2) is 0 Å². The molecular weight excluding hydrogens is 682 g/mol. The Morgan fingerprint density at radius 1 is 0.811 bits per heavy atom. The summed E-state index contributed by atoms with van der Waals surface area (Å²) in [6.45, 7) is 14.4. The van der Waals surface area contributed by atoms with Crippen molar-refractivity contribution >= 4 is 11.6 Å². The number of pyridine rings is 1. The van der Waals surface area contributed by atoms with Gasteiger partial charge in [-0.3, -0.25) is 9.88 Å². The molecule has 3 aromatic carbocycles. The fourth-order valence-corrected chi connectivity index (χ4v) is 8.47. The van der Waals surface area contributed by atoms with E-state index in [0.29, 0.717) is 29.5 Å². The number of hydrogen-bond acceptors (Lipinski definition) is 8. The number of hydrogen-bond donors (Lipinski definition) is 1. The smallest absolute Gasteiger partial charge is 0.142 e. The summed E-state index contributed by atoms with van der Waals surface area (Å²) in [4.78, 5) is 9.28. The lowest BCUT2D eigenvalue weighted by Crippen LogP contribution is -2.40. The molecule has 0 spiro atoms. The number of ether oxygens (including phenoxy) is 3. The standard InChI is InChI=1S/C44H52ClN5O3/c1-31-36(9-6-10-39(31)40-11-7-12-42(32(40)2)51-18-8-16-50-17-13-35-25-48-26-38(35)28-50)30-53-44-21-43(52-29-34-19-33(22-46)23-47-24-34)37(20-41(44)45)27-49-14-4-3-5-15-49/h6-7,9-12,19-21,23-24,35,38,48H,3-5,8,13-18,25-30H2,1-2H3. The number of nitrogens with one attached hydrogen (secondary N) is 1. The van der Waals surface area contributed by atoms with Crippen molar-refractivity contribution < 1.29 is 14.2 Å². The van der Waals surface area contributed by atoms with Crippen molar-refractivity contribution in [1.29, 1.82) is 5.26 Å². The molecule has 0 amide bonds. The SMILES string of the molecule is Cc1c(COc2cc(OCc3cncc(C#N)c3)c(CN3CCCCC3)cc2Cl)cccc1-c1cccc(OCCCN2CCC3CNCC3C2)c1C. The molecule has 0 aliphatic carbocycles. The van der Waals surface area contributed by atoms with Gasteiger partial charge in [-0.2, -0.15) is 5.26 Å². The fourth-order valence-electron chi connectivity index (χ4n) is 8.22. The van der Waals surface area contributed by atoms with Crippen LogP contribution in [0.25, 0.3) is 11.1 Å². The Morgan fingerprint density at radius 2 is 1.60 bits per heavy atom. The van der Waals surface area contributed by atoms with E-state index in [1.54, 1.807) is 12.4 Å². The van der Waals surface area contributed by atoms with E-state index in [2.05, 4.69) is 76.4 Å². The van der Waals surface area contributed by atoms with E-state index in [9.17, 15) is 5.26 Å². The van der Waals surface area contributed by atoms with Gasteiger partial charge >= 0.3 is 0 Å². The normalized spacial score (nSPS) is 19.1. The van der Waals surface area contributed by atoms with Gasteiger partial charge in [0, 0.05) is 49.2 Å². The Balaban J connectivity index is 1.02. The van der Waals surface area contributed by atoms with Crippen molar-refractivity contribution in [1.82, 2.24) is 20.1 Å². The summed E-state index contributed by atoms with van der Waals surface area (Å²) < 4.78 is 19.2. The molecule has 0 saturated carbocycles. The van der Waals surface area contributed by atoms with Gasteiger partial charge in [0.1, 0.15) is 36.5 Å². The van der Waals surface area contributed by atoms with Crippen molar-refractivity contribution in [2.75, 3.05) is 52.4 Å². The summed E-state index contributed by atoms with van der Waals surface area (Å²) in [5.41, 5.74) is 8.11. The zero-order chi connectivity index (χ0) is 36.6. The fraction of sp³-hybridized carbons (Fsp3) is 0.455. The lowest BCUT2D eigenvalue weighted by atomic mass is 9.89. The first-order valence-electron chi connectivity index (χ1n) is 19.3. The molecular formula is C44H52ClN5O3. The maximum atomic E-state index is 9.34. The third-order valence-corrected chi connectivity index (χ3v) is 11.6. The van der Waals surface area contributed by atoms with Gasteiger partial charge in [0.25, 0.3) is 0 Å². The van der Waals surface area contributed by atoms with Crippen LogP contribution in [0.1, 0.15) is 65.5 Å². The van der Waals surface area contributed by atoms with Gasteiger partial charge in [-0.05, 0) is 130 Å². The first-order chi connectivity index (χ1) is 25.9. The summed E-state index contributed by atoms with van der Waals surface area (Å²) in [6.07, 6.45) is 9.30. The van der Waals surface area contributed by atoms with E-state index in [-0.39, 0.29) is 6.61 Å². The third kappa shape index (κ3) is 9.34. The molecule has 0 radical (unpaired) electrons. The highest BCUT2D eigenvalue weighted by molar-refractivity contribution is 6.32. The zero-order valence-corrected chi connectivity index (χ0v) is 32.0. The number of benzene rings is 3. The minimum absolute atomic E-state index is 0.289. The molecule has 3 saturated heterocycles. The first-order valence-corrected chi connectivity index (χ1v) is 19.7. The number of aromatic nitrogens is 1. The first kappa shape index (κ1) is 37.2. The topological polar surface area (TPSA) is 82.9 Å². The Morgan fingerprint density at radius 3 is 2.45 bits per heavy atom. The number of rotatable bonds is 14. The molecule has 1 N–H and O–H groups in total. The van der Waals surface area contributed by atoms with Crippen LogP contribution in [0, 0.1) is 37.0 Å². The Hall–Kier alpha value is -4.13. The minimum atomic E-state index is 0.289. The predicted molar refractivity (Wildman–Crippen MR) is 211 cm³/mol. The highest BCUT2D eigenvalue weighted by Gasteiger charge is 2.32. The van der Waals surface area contributed by atoms with E-state index >= 15 is 0 Å². The molecule has 7 rings (SSSR count). The molecule has 278 valence electrons. The van der Waals surface area contributed by atoms with E-state index in [0.717, 1.165) is 83.8 Å². The summed E-state index contributed by atoms with van der Waals surface area (Å²) >= 11 is 6.90. The molecule has 3 fully saturated rings. The number of fused-ring (bicyclic) bond motifs is 1. The molecule has 2 unspecified atom stereocenters. The van der Waals surface area contributed by atoms with Gasteiger partial charge < -0.3 is 24.4 Å². The largest absolute Gasteiger partial charge is 0.493 e. The molecule has 9 heteroatoms. The number of nitriles is 1. The summed E-state index contributed by atoms with van der Waals surface area (Å²) in [6, 6.07) is 20.6. The molecule has 2 atom stereocenters. The van der Waals surface area contributed by atoms with E-state index in [4.69, 9.17) is 25.8 Å². The van der Waals surface area contributed by atoms with Gasteiger partial charge in [-0.1, -0.05) is 48.4 Å². The van der Waals surface area contributed by atoms with Crippen LogP contribution in [0.4, 0.5) is 0 Å². The summed E-state index contributed by atoms with van der Waals surface area (Å²) in [5, 5.41) is 13.5. The number of piperidine rings is 2. The summed E-state index contributed by atoms with van der Waals surface area (Å²) in [7, 11) is 0. The van der Waals surface area contributed by atoms with E-state index in [1.807, 2.05) is 18.2 Å². The molecule has 0 bridgehead atoms.